The number of aliphatic carboxylic acids is 1. The van der Waals surface area contributed by atoms with Crippen LogP contribution < -0.4 is 9.47 Å². The molecule has 198 valence electrons. The lowest BCUT2D eigenvalue weighted by atomic mass is 9.87. The zero-order valence-corrected chi connectivity index (χ0v) is 21.1. The van der Waals surface area contributed by atoms with Crippen LogP contribution in [0.2, 0.25) is 5.02 Å². The fourth-order valence-electron chi connectivity index (χ4n) is 5.47. The first-order valence-electron chi connectivity index (χ1n) is 12.5. The lowest BCUT2D eigenvalue weighted by Gasteiger charge is -2.39. The Morgan fingerprint density at radius 1 is 1.19 bits per heavy atom. The average Bonchev–Trinajstić information content (AvgIpc) is 3.49. The molecule has 37 heavy (non-hydrogen) atoms. The highest BCUT2D eigenvalue weighted by molar-refractivity contribution is 6.30. The first kappa shape index (κ1) is 25.8. The van der Waals surface area contributed by atoms with Gasteiger partial charge in [-0.3, -0.25) is 9.59 Å². The normalized spacial score (nSPS) is 21.5. The molecule has 2 saturated heterocycles. The van der Waals surface area contributed by atoms with Crippen LogP contribution in [0.15, 0.2) is 36.4 Å². The molecule has 2 atom stereocenters. The van der Waals surface area contributed by atoms with Crippen LogP contribution in [-0.4, -0.2) is 82.9 Å². The van der Waals surface area contributed by atoms with Crippen molar-refractivity contribution in [3.8, 4) is 11.5 Å². The van der Waals surface area contributed by atoms with Gasteiger partial charge >= 0.3 is 5.97 Å². The van der Waals surface area contributed by atoms with E-state index in [1.165, 1.54) is 17.0 Å². The molecule has 1 amide bonds. The van der Waals surface area contributed by atoms with Crippen LogP contribution >= 0.6 is 11.6 Å². The van der Waals surface area contributed by atoms with Gasteiger partial charge in [0.1, 0.15) is 35.6 Å². The first-order chi connectivity index (χ1) is 17.7. The van der Waals surface area contributed by atoms with Gasteiger partial charge in [-0.05, 0) is 42.3 Å². The maximum atomic E-state index is 13.9. The number of hydrogen-bond acceptors (Lipinski definition) is 6. The number of halogens is 2. The Bertz CT molecular complexity index is 1190. The Kier molecular flexibility index (Phi) is 7.29. The van der Waals surface area contributed by atoms with Crippen molar-refractivity contribution in [2.24, 2.45) is 5.92 Å². The number of carboxylic acid groups (broad SMARTS) is 1. The smallest absolute Gasteiger partial charge is 0.308 e. The minimum atomic E-state index is -0.939. The predicted molar refractivity (Wildman–Crippen MR) is 134 cm³/mol. The Balaban J connectivity index is 1.14. The van der Waals surface area contributed by atoms with E-state index in [2.05, 4.69) is 4.90 Å². The number of aliphatic hydroxyl groups is 1. The third kappa shape index (κ3) is 5.68. The van der Waals surface area contributed by atoms with E-state index in [1.54, 1.807) is 0 Å². The van der Waals surface area contributed by atoms with Gasteiger partial charge in [0.2, 0.25) is 0 Å². The molecular formula is C27H30ClFN2O6. The molecule has 0 bridgehead atoms. The monoisotopic (exact) mass is 532 g/mol. The van der Waals surface area contributed by atoms with Crippen molar-refractivity contribution in [1.29, 1.82) is 0 Å². The van der Waals surface area contributed by atoms with Crippen molar-refractivity contribution in [2.45, 2.75) is 37.4 Å². The Morgan fingerprint density at radius 2 is 1.97 bits per heavy atom. The minimum Gasteiger partial charge on any atom is -0.490 e. The second-order valence-electron chi connectivity index (χ2n) is 10.2. The number of benzene rings is 2. The van der Waals surface area contributed by atoms with Crippen LogP contribution in [0.25, 0.3) is 0 Å². The summed E-state index contributed by atoms with van der Waals surface area (Å²) in [5.74, 6) is -1.60. The van der Waals surface area contributed by atoms with Gasteiger partial charge in [-0.1, -0.05) is 11.6 Å². The number of amides is 1. The third-order valence-electron chi connectivity index (χ3n) is 7.53. The number of piperidine rings is 1. The Labute approximate surface area is 219 Å². The number of nitrogens with zero attached hydrogens (tertiary/aromatic N) is 2. The Hall–Kier alpha value is -2.88. The minimum absolute atomic E-state index is 0.0382. The molecule has 0 radical (unpaired) electrons. The van der Waals surface area contributed by atoms with Crippen LogP contribution in [0.5, 0.6) is 11.5 Å². The maximum Gasteiger partial charge on any atom is 0.308 e. The van der Waals surface area contributed by atoms with E-state index in [4.69, 9.17) is 21.1 Å². The zero-order valence-electron chi connectivity index (χ0n) is 20.4. The summed E-state index contributed by atoms with van der Waals surface area (Å²) in [6.07, 6.45) is 2.00. The zero-order chi connectivity index (χ0) is 26.2. The summed E-state index contributed by atoms with van der Waals surface area (Å²) in [5, 5.41) is 20.5. The van der Waals surface area contributed by atoms with Gasteiger partial charge in [-0.25, -0.2) is 4.39 Å². The van der Waals surface area contributed by atoms with E-state index < -0.39 is 29.7 Å². The lowest BCUT2D eigenvalue weighted by molar-refractivity contribution is -0.141. The lowest BCUT2D eigenvalue weighted by Crippen LogP contribution is -2.49. The molecule has 0 aromatic heterocycles. The fraction of sp³-hybridized carbons (Fsp3) is 0.481. The molecule has 8 nitrogen and oxygen atoms in total. The highest BCUT2D eigenvalue weighted by Crippen LogP contribution is 2.42. The number of carbonyl (C=O) groups is 2. The number of rotatable bonds is 7. The Morgan fingerprint density at radius 3 is 2.70 bits per heavy atom. The summed E-state index contributed by atoms with van der Waals surface area (Å²) in [6, 6.07) is 9.34. The maximum absolute atomic E-state index is 13.9. The third-order valence-corrected chi connectivity index (χ3v) is 7.76. The van der Waals surface area contributed by atoms with Gasteiger partial charge in [0, 0.05) is 63.1 Å². The van der Waals surface area contributed by atoms with E-state index in [0.29, 0.717) is 24.5 Å². The summed E-state index contributed by atoms with van der Waals surface area (Å²) in [5.41, 5.74) is 1.04. The van der Waals surface area contributed by atoms with Gasteiger partial charge in [-0.15, -0.1) is 0 Å². The van der Waals surface area contributed by atoms with Gasteiger partial charge in [0.15, 0.2) is 0 Å². The molecule has 1 spiro atoms. The average molecular weight is 533 g/mol. The summed E-state index contributed by atoms with van der Waals surface area (Å²) in [4.78, 5) is 27.8. The van der Waals surface area contributed by atoms with Crippen molar-refractivity contribution in [2.75, 3.05) is 39.3 Å². The largest absolute Gasteiger partial charge is 0.490 e. The van der Waals surface area contributed by atoms with Crippen molar-refractivity contribution in [1.82, 2.24) is 9.80 Å². The van der Waals surface area contributed by atoms with Crippen LogP contribution in [-0.2, 0) is 11.2 Å². The van der Waals surface area contributed by atoms with E-state index in [-0.39, 0.29) is 30.1 Å². The molecule has 0 aliphatic carbocycles. The number of aliphatic hydroxyl groups excluding tert-OH is 1. The molecule has 5 rings (SSSR count). The summed E-state index contributed by atoms with van der Waals surface area (Å²) in [6.45, 7) is 2.19. The van der Waals surface area contributed by atoms with Crippen molar-refractivity contribution in [3.05, 3.63) is 58.4 Å². The van der Waals surface area contributed by atoms with Crippen molar-refractivity contribution in [3.63, 3.8) is 0 Å². The summed E-state index contributed by atoms with van der Waals surface area (Å²) in [7, 11) is 0. The summed E-state index contributed by atoms with van der Waals surface area (Å²) >= 11 is 6.12. The second-order valence-corrected chi connectivity index (χ2v) is 10.6. The molecular weight excluding hydrogens is 503 g/mol. The van der Waals surface area contributed by atoms with Crippen molar-refractivity contribution >= 4 is 23.5 Å². The molecule has 10 heteroatoms. The second kappa shape index (κ2) is 10.5. The van der Waals surface area contributed by atoms with Crippen LogP contribution in [0.4, 0.5) is 4.39 Å². The fourth-order valence-corrected chi connectivity index (χ4v) is 5.66. The first-order valence-corrected chi connectivity index (χ1v) is 12.9. The molecule has 3 heterocycles. The van der Waals surface area contributed by atoms with E-state index in [9.17, 15) is 24.2 Å². The number of likely N-dealkylation sites (tertiary alicyclic amines) is 2. The molecule has 2 N–H and O–H groups in total. The standard InChI is InChI=1S/C27H30ClFN2O6/c28-19-1-4-23-18(11-19)13-27(37-23)6-9-30(10-7-27)15-21(32)16-36-24-12-20(29)2-3-22(24)25(33)31-8-5-17(14-31)26(34)35/h1-4,11-12,17,21,32H,5-10,13-16H2,(H,34,35)/t17-,21+/m1/s1. The van der Waals surface area contributed by atoms with E-state index in [0.717, 1.165) is 49.7 Å². The summed E-state index contributed by atoms with van der Waals surface area (Å²) < 4.78 is 25.9. The van der Waals surface area contributed by atoms with Gasteiger partial charge < -0.3 is 29.5 Å². The topological polar surface area (TPSA) is 99.5 Å². The molecule has 2 aromatic carbocycles. The number of carboxylic acids is 1. The van der Waals surface area contributed by atoms with Crippen LogP contribution in [0.3, 0.4) is 0 Å². The van der Waals surface area contributed by atoms with Gasteiger partial charge in [0.05, 0.1) is 11.5 Å². The number of fused-ring (bicyclic) bond motifs is 1. The molecule has 2 fully saturated rings. The predicted octanol–water partition coefficient (Wildman–Crippen LogP) is 3.24. The van der Waals surface area contributed by atoms with Gasteiger partial charge in [-0.2, -0.15) is 0 Å². The number of β-amino-alcohol motifs (C(OH)–C–C–N with tert-alkyl or cyclic N) is 1. The quantitative estimate of drug-likeness (QED) is 0.565. The van der Waals surface area contributed by atoms with Crippen LogP contribution in [0.1, 0.15) is 35.2 Å². The molecule has 2 aromatic rings. The molecule has 0 saturated carbocycles. The highest BCUT2D eigenvalue weighted by atomic mass is 35.5. The van der Waals surface area contributed by atoms with Crippen LogP contribution in [0, 0.1) is 11.7 Å². The van der Waals surface area contributed by atoms with E-state index in [1.807, 2.05) is 18.2 Å². The highest BCUT2D eigenvalue weighted by Gasteiger charge is 2.42. The number of carbonyl (C=O) groups excluding carboxylic acids is 1. The number of hydrogen-bond donors (Lipinski definition) is 2. The van der Waals surface area contributed by atoms with Gasteiger partial charge in [0.25, 0.3) is 5.91 Å². The van der Waals surface area contributed by atoms with E-state index >= 15 is 0 Å². The van der Waals surface area contributed by atoms with Crippen molar-refractivity contribution < 1.29 is 33.7 Å². The molecule has 3 aliphatic rings. The SMILES string of the molecule is O=C(O)[C@@H]1CCN(C(=O)c2ccc(F)cc2OC[C@@H](O)CN2CCC3(CC2)Cc2cc(Cl)ccc2O3)C1. The molecule has 0 unspecified atom stereocenters. The number of ether oxygens (including phenoxy) is 2. The molecule has 3 aliphatic heterocycles.